The van der Waals surface area contributed by atoms with E-state index in [0.717, 1.165) is 11.1 Å². The molecule has 2 aromatic rings. The van der Waals surface area contributed by atoms with Gasteiger partial charge in [0.25, 0.3) is 5.91 Å². The van der Waals surface area contributed by atoms with Crippen LogP contribution in [0.3, 0.4) is 0 Å². The first-order valence-corrected chi connectivity index (χ1v) is 6.97. The predicted molar refractivity (Wildman–Crippen MR) is 80.7 cm³/mol. The van der Waals surface area contributed by atoms with Crippen LogP contribution < -0.4 is 0 Å². The summed E-state index contributed by atoms with van der Waals surface area (Å²) < 4.78 is 12.8. The second-order valence-corrected chi connectivity index (χ2v) is 5.20. The molecule has 2 aromatic carbocycles. The summed E-state index contributed by atoms with van der Waals surface area (Å²) in [6.45, 7) is 0.788. The van der Waals surface area contributed by atoms with Crippen molar-refractivity contribution in [3.63, 3.8) is 0 Å². The van der Waals surface area contributed by atoms with Gasteiger partial charge in [-0.2, -0.15) is 0 Å². The van der Waals surface area contributed by atoms with Gasteiger partial charge < -0.3 is 10.0 Å². The van der Waals surface area contributed by atoms with Crippen LogP contribution in [0.25, 0.3) is 0 Å². The molecule has 1 saturated heterocycles. The number of β-amino-alcohol motifs (C(OH)–C–C–N with tert-alkyl or cyclic N) is 1. The van der Waals surface area contributed by atoms with E-state index in [-0.39, 0.29) is 11.7 Å². The van der Waals surface area contributed by atoms with Crippen molar-refractivity contribution in [3.8, 4) is 11.8 Å². The fourth-order valence-corrected chi connectivity index (χ4v) is 2.18. The number of aliphatic hydroxyl groups excluding tert-OH is 1. The molecule has 0 spiro atoms. The molecule has 1 aliphatic rings. The summed E-state index contributed by atoms with van der Waals surface area (Å²) in [5, 5.41) is 9.22. The highest BCUT2D eigenvalue weighted by Gasteiger charge is 2.29. The minimum absolute atomic E-state index is 0.0802. The van der Waals surface area contributed by atoms with Crippen LogP contribution in [-0.2, 0) is 0 Å². The number of aliphatic hydroxyl groups is 1. The van der Waals surface area contributed by atoms with Crippen molar-refractivity contribution in [1.29, 1.82) is 0 Å². The van der Waals surface area contributed by atoms with Gasteiger partial charge in [-0.15, -0.1) is 0 Å². The zero-order valence-electron chi connectivity index (χ0n) is 11.8. The molecule has 1 fully saturated rings. The van der Waals surface area contributed by atoms with Crippen LogP contribution in [-0.4, -0.2) is 35.1 Å². The largest absolute Gasteiger partial charge is 0.389 e. The van der Waals surface area contributed by atoms with Gasteiger partial charge in [0.2, 0.25) is 0 Å². The summed E-state index contributed by atoms with van der Waals surface area (Å²) in [6.07, 6.45) is -0.398. The number of carbonyl (C=O) groups excluding carboxylic acids is 1. The summed E-state index contributed by atoms with van der Waals surface area (Å²) in [4.78, 5) is 13.6. The molecule has 110 valence electrons. The Morgan fingerprint density at radius 3 is 2.00 bits per heavy atom. The molecule has 1 amide bonds. The van der Waals surface area contributed by atoms with E-state index in [1.165, 1.54) is 12.1 Å². The van der Waals surface area contributed by atoms with Crippen LogP contribution in [0.1, 0.15) is 21.5 Å². The Hall–Kier alpha value is -2.64. The Bertz CT molecular complexity index is 735. The lowest BCUT2D eigenvalue weighted by atomic mass is 10.1. The summed E-state index contributed by atoms with van der Waals surface area (Å²) in [5.74, 6) is 5.55. The number of rotatable bonds is 1. The predicted octanol–water partition coefficient (Wildman–Crippen LogP) is 2.04. The Morgan fingerprint density at radius 2 is 1.50 bits per heavy atom. The van der Waals surface area contributed by atoms with E-state index < -0.39 is 6.10 Å². The number of likely N-dealkylation sites (tertiary alicyclic amines) is 1. The minimum atomic E-state index is -0.398. The van der Waals surface area contributed by atoms with Gasteiger partial charge in [0.05, 0.1) is 6.10 Å². The van der Waals surface area contributed by atoms with Crippen molar-refractivity contribution in [2.24, 2.45) is 0 Å². The Morgan fingerprint density at radius 1 is 1.00 bits per heavy atom. The Kier molecular flexibility index (Phi) is 3.90. The number of nitrogens with zero attached hydrogens (tertiary/aromatic N) is 1. The molecule has 0 unspecified atom stereocenters. The fourth-order valence-electron chi connectivity index (χ4n) is 2.18. The van der Waals surface area contributed by atoms with Gasteiger partial charge in [-0.1, -0.05) is 11.8 Å². The van der Waals surface area contributed by atoms with E-state index in [4.69, 9.17) is 0 Å². The molecule has 3 nitrogen and oxygen atoms in total. The van der Waals surface area contributed by atoms with Crippen molar-refractivity contribution in [2.75, 3.05) is 13.1 Å². The number of hydrogen-bond acceptors (Lipinski definition) is 2. The number of amides is 1. The molecular formula is C18H14FNO2. The average molecular weight is 295 g/mol. The monoisotopic (exact) mass is 295 g/mol. The van der Waals surface area contributed by atoms with Crippen molar-refractivity contribution in [1.82, 2.24) is 4.90 Å². The lowest BCUT2D eigenvalue weighted by molar-refractivity contribution is 0.00589. The van der Waals surface area contributed by atoms with Gasteiger partial charge in [0.1, 0.15) is 5.82 Å². The van der Waals surface area contributed by atoms with Crippen molar-refractivity contribution in [3.05, 3.63) is 71.0 Å². The van der Waals surface area contributed by atoms with Crippen LogP contribution in [0.5, 0.6) is 0 Å². The molecule has 1 N–H and O–H groups in total. The highest BCUT2D eigenvalue weighted by molar-refractivity contribution is 5.94. The minimum Gasteiger partial charge on any atom is -0.389 e. The Balaban J connectivity index is 1.69. The SMILES string of the molecule is O=C(c1ccc(C#Cc2ccc(F)cc2)cc1)N1CC(O)C1. The quantitative estimate of drug-likeness (QED) is 0.818. The van der Waals surface area contributed by atoms with E-state index in [0.29, 0.717) is 18.7 Å². The van der Waals surface area contributed by atoms with Crippen LogP contribution in [0.4, 0.5) is 4.39 Å². The summed E-state index contributed by atoms with van der Waals surface area (Å²) >= 11 is 0. The molecule has 4 heteroatoms. The molecular weight excluding hydrogens is 281 g/mol. The van der Waals surface area contributed by atoms with Gasteiger partial charge in [-0.25, -0.2) is 4.39 Å². The molecule has 22 heavy (non-hydrogen) atoms. The van der Waals surface area contributed by atoms with Gasteiger partial charge in [-0.3, -0.25) is 4.79 Å². The van der Waals surface area contributed by atoms with E-state index >= 15 is 0 Å². The van der Waals surface area contributed by atoms with Crippen LogP contribution in [0.15, 0.2) is 48.5 Å². The van der Waals surface area contributed by atoms with Gasteiger partial charge in [0.15, 0.2) is 0 Å². The molecule has 0 atom stereocenters. The maximum atomic E-state index is 12.8. The van der Waals surface area contributed by atoms with Gasteiger partial charge >= 0.3 is 0 Å². The van der Waals surface area contributed by atoms with E-state index in [9.17, 15) is 14.3 Å². The third kappa shape index (κ3) is 3.16. The van der Waals surface area contributed by atoms with E-state index in [2.05, 4.69) is 11.8 Å². The van der Waals surface area contributed by atoms with E-state index in [1.54, 1.807) is 41.3 Å². The topological polar surface area (TPSA) is 40.5 Å². The van der Waals surface area contributed by atoms with Gasteiger partial charge in [-0.05, 0) is 48.5 Å². The maximum absolute atomic E-state index is 12.8. The van der Waals surface area contributed by atoms with Crippen LogP contribution in [0, 0.1) is 17.7 Å². The molecule has 1 aliphatic heterocycles. The standard InChI is InChI=1S/C18H14FNO2/c19-16-9-5-14(6-10-16)2-1-13-3-7-15(8-4-13)18(22)20-11-17(21)12-20/h3-10,17,21H,11-12H2. The lowest BCUT2D eigenvalue weighted by Gasteiger charge is -2.35. The summed E-state index contributed by atoms with van der Waals surface area (Å²) in [6, 6.07) is 13.0. The summed E-state index contributed by atoms with van der Waals surface area (Å²) in [7, 11) is 0. The second kappa shape index (κ2) is 6.00. The fraction of sp³-hybridized carbons (Fsp3) is 0.167. The highest BCUT2D eigenvalue weighted by Crippen LogP contribution is 2.13. The first-order valence-electron chi connectivity index (χ1n) is 6.97. The number of halogens is 1. The highest BCUT2D eigenvalue weighted by atomic mass is 19.1. The number of hydrogen-bond donors (Lipinski definition) is 1. The third-order valence-electron chi connectivity index (χ3n) is 3.48. The molecule has 0 radical (unpaired) electrons. The molecule has 0 saturated carbocycles. The molecule has 0 aliphatic carbocycles. The van der Waals surface area contributed by atoms with Crippen molar-refractivity contribution < 1.29 is 14.3 Å². The number of carbonyl (C=O) groups is 1. The molecule has 0 bridgehead atoms. The zero-order valence-corrected chi connectivity index (χ0v) is 11.8. The maximum Gasteiger partial charge on any atom is 0.254 e. The lowest BCUT2D eigenvalue weighted by Crippen LogP contribution is -2.53. The number of benzene rings is 2. The first-order chi connectivity index (χ1) is 10.6. The van der Waals surface area contributed by atoms with Crippen molar-refractivity contribution in [2.45, 2.75) is 6.10 Å². The Labute approximate surface area is 128 Å². The normalized spacial score (nSPS) is 14.0. The first kappa shape index (κ1) is 14.3. The van der Waals surface area contributed by atoms with E-state index in [1.807, 2.05) is 0 Å². The zero-order chi connectivity index (χ0) is 15.5. The van der Waals surface area contributed by atoms with Crippen molar-refractivity contribution >= 4 is 5.91 Å². The van der Waals surface area contributed by atoms with Gasteiger partial charge in [0, 0.05) is 29.8 Å². The van der Waals surface area contributed by atoms with Crippen LogP contribution >= 0.6 is 0 Å². The average Bonchev–Trinajstić information content (AvgIpc) is 2.51. The van der Waals surface area contributed by atoms with Crippen LogP contribution in [0.2, 0.25) is 0 Å². The molecule has 3 rings (SSSR count). The summed E-state index contributed by atoms with van der Waals surface area (Å²) in [5.41, 5.74) is 2.10. The smallest absolute Gasteiger partial charge is 0.254 e. The molecule has 0 aromatic heterocycles. The molecule has 1 heterocycles. The second-order valence-electron chi connectivity index (χ2n) is 5.20. The third-order valence-corrected chi connectivity index (χ3v) is 3.48.